The van der Waals surface area contributed by atoms with E-state index < -0.39 is 44.3 Å². The fourth-order valence-electron chi connectivity index (χ4n) is 2.24. The second-order valence-corrected chi connectivity index (χ2v) is 7.39. The minimum atomic E-state index is -4.17. The van der Waals surface area contributed by atoms with Crippen LogP contribution in [0.2, 0.25) is 0 Å². The van der Waals surface area contributed by atoms with Gasteiger partial charge in [-0.1, -0.05) is 12.1 Å². The molecule has 0 bridgehead atoms. The van der Waals surface area contributed by atoms with Crippen LogP contribution in [0.3, 0.4) is 0 Å². The molecular weight excluding hydrogens is 381 g/mol. The lowest BCUT2D eigenvalue weighted by atomic mass is 10.1. The number of nitrogens with one attached hydrogen (secondary N) is 2. The number of sulfonamides is 1. The van der Waals surface area contributed by atoms with Gasteiger partial charge >= 0.3 is 0 Å². The van der Waals surface area contributed by atoms with E-state index in [4.69, 9.17) is 0 Å². The zero-order valence-electron chi connectivity index (χ0n) is 14.3. The number of halogens is 3. The number of hydrogen-bond acceptors (Lipinski definition) is 3. The van der Waals surface area contributed by atoms with Gasteiger partial charge in [0.2, 0.25) is 10.0 Å². The van der Waals surface area contributed by atoms with Crippen LogP contribution in [0.1, 0.15) is 28.9 Å². The SMILES string of the molecule is C=CCNS(=O)(=O)c1cc(C(=O)NC(C)c2ccc(F)c(F)c2)ccc1F. The van der Waals surface area contributed by atoms with Crippen LogP contribution < -0.4 is 10.0 Å². The van der Waals surface area contributed by atoms with Crippen LogP contribution in [0.25, 0.3) is 0 Å². The summed E-state index contributed by atoms with van der Waals surface area (Å²) in [5, 5.41) is 2.52. The van der Waals surface area contributed by atoms with Crippen LogP contribution in [0.4, 0.5) is 13.2 Å². The summed E-state index contributed by atoms with van der Waals surface area (Å²) >= 11 is 0. The highest BCUT2D eigenvalue weighted by molar-refractivity contribution is 7.89. The summed E-state index contributed by atoms with van der Waals surface area (Å²) in [6, 6.07) is 5.37. The van der Waals surface area contributed by atoms with Crippen LogP contribution in [0, 0.1) is 17.5 Å². The molecular formula is C18H17F3N2O3S. The molecule has 2 aromatic carbocycles. The Morgan fingerprint density at radius 3 is 2.41 bits per heavy atom. The second-order valence-electron chi connectivity index (χ2n) is 5.65. The molecule has 0 radical (unpaired) electrons. The van der Waals surface area contributed by atoms with E-state index in [1.54, 1.807) is 0 Å². The van der Waals surface area contributed by atoms with Gasteiger partial charge in [-0.05, 0) is 42.8 Å². The molecule has 144 valence electrons. The molecule has 0 aliphatic rings. The predicted molar refractivity (Wildman–Crippen MR) is 94.0 cm³/mol. The zero-order valence-corrected chi connectivity index (χ0v) is 15.1. The van der Waals surface area contributed by atoms with E-state index >= 15 is 0 Å². The van der Waals surface area contributed by atoms with Gasteiger partial charge in [0.05, 0.1) is 6.04 Å². The monoisotopic (exact) mass is 398 g/mol. The maximum absolute atomic E-state index is 13.9. The number of hydrogen-bond donors (Lipinski definition) is 2. The topological polar surface area (TPSA) is 75.3 Å². The van der Waals surface area contributed by atoms with Crippen LogP contribution in [0.15, 0.2) is 53.9 Å². The Morgan fingerprint density at radius 2 is 1.78 bits per heavy atom. The fraction of sp³-hybridized carbons (Fsp3) is 0.167. The summed E-state index contributed by atoms with van der Waals surface area (Å²) in [7, 11) is -4.17. The summed E-state index contributed by atoms with van der Waals surface area (Å²) in [6.45, 7) is 4.80. The Morgan fingerprint density at radius 1 is 1.11 bits per heavy atom. The van der Waals surface area contributed by atoms with Crippen molar-refractivity contribution in [3.8, 4) is 0 Å². The first-order valence-corrected chi connectivity index (χ1v) is 9.30. The van der Waals surface area contributed by atoms with Gasteiger partial charge in [-0.3, -0.25) is 4.79 Å². The largest absolute Gasteiger partial charge is 0.346 e. The first-order chi connectivity index (χ1) is 12.7. The van der Waals surface area contributed by atoms with Gasteiger partial charge in [-0.15, -0.1) is 6.58 Å². The molecule has 1 amide bonds. The van der Waals surface area contributed by atoms with Gasteiger partial charge in [0, 0.05) is 12.1 Å². The molecule has 0 aliphatic heterocycles. The molecule has 0 heterocycles. The third kappa shape index (κ3) is 4.95. The molecule has 9 heteroatoms. The van der Waals surface area contributed by atoms with Crippen molar-refractivity contribution in [2.24, 2.45) is 0 Å². The van der Waals surface area contributed by atoms with Gasteiger partial charge in [-0.2, -0.15) is 0 Å². The maximum atomic E-state index is 13.9. The van der Waals surface area contributed by atoms with Crippen molar-refractivity contribution in [3.63, 3.8) is 0 Å². The fourth-order valence-corrected chi connectivity index (χ4v) is 3.34. The minimum Gasteiger partial charge on any atom is -0.346 e. The smallest absolute Gasteiger partial charge is 0.251 e. The molecule has 0 aliphatic carbocycles. The number of carbonyl (C=O) groups is 1. The molecule has 1 unspecified atom stereocenters. The average Bonchev–Trinajstić information content (AvgIpc) is 2.62. The molecule has 0 fully saturated rings. The highest BCUT2D eigenvalue weighted by Gasteiger charge is 2.21. The van der Waals surface area contributed by atoms with Crippen LogP contribution in [0.5, 0.6) is 0 Å². The first-order valence-electron chi connectivity index (χ1n) is 7.81. The summed E-state index contributed by atoms with van der Waals surface area (Å²) in [5.74, 6) is -3.79. The van der Waals surface area contributed by atoms with Crippen LogP contribution >= 0.6 is 0 Å². The van der Waals surface area contributed by atoms with E-state index in [9.17, 15) is 26.4 Å². The van der Waals surface area contributed by atoms with Crippen molar-refractivity contribution < 1.29 is 26.4 Å². The maximum Gasteiger partial charge on any atom is 0.251 e. The van der Waals surface area contributed by atoms with E-state index in [1.165, 1.54) is 19.1 Å². The van der Waals surface area contributed by atoms with Crippen molar-refractivity contribution in [2.45, 2.75) is 17.9 Å². The van der Waals surface area contributed by atoms with E-state index in [2.05, 4.69) is 16.6 Å². The average molecular weight is 398 g/mol. The highest BCUT2D eigenvalue weighted by atomic mass is 32.2. The molecule has 2 rings (SSSR count). The van der Waals surface area contributed by atoms with Crippen molar-refractivity contribution in [3.05, 3.63) is 77.6 Å². The van der Waals surface area contributed by atoms with E-state index in [-0.39, 0.29) is 12.1 Å². The molecule has 0 spiro atoms. The highest BCUT2D eigenvalue weighted by Crippen LogP contribution is 2.19. The van der Waals surface area contributed by atoms with Gasteiger partial charge in [0.25, 0.3) is 5.91 Å². The molecule has 0 aromatic heterocycles. The van der Waals surface area contributed by atoms with E-state index in [1.807, 2.05) is 0 Å². The molecule has 1 atom stereocenters. The Labute approximate surface area is 155 Å². The Balaban J connectivity index is 2.24. The molecule has 2 N–H and O–H groups in total. The molecule has 27 heavy (non-hydrogen) atoms. The summed E-state index contributed by atoms with van der Waals surface area (Å²) in [5.41, 5.74) is 0.203. The normalized spacial score (nSPS) is 12.4. The number of amides is 1. The minimum absolute atomic E-state index is 0.106. The van der Waals surface area contributed by atoms with E-state index in [0.29, 0.717) is 5.56 Å². The van der Waals surface area contributed by atoms with Crippen molar-refractivity contribution in [2.75, 3.05) is 6.54 Å². The first kappa shape index (κ1) is 20.7. The van der Waals surface area contributed by atoms with Crippen molar-refractivity contribution in [1.82, 2.24) is 10.0 Å². The molecule has 2 aromatic rings. The Bertz CT molecular complexity index is 978. The molecule has 5 nitrogen and oxygen atoms in total. The van der Waals surface area contributed by atoms with Crippen molar-refractivity contribution >= 4 is 15.9 Å². The van der Waals surface area contributed by atoms with Crippen LogP contribution in [-0.4, -0.2) is 20.9 Å². The molecule has 0 saturated heterocycles. The summed E-state index contributed by atoms with van der Waals surface area (Å²) < 4.78 is 66.5. The summed E-state index contributed by atoms with van der Waals surface area (Å²) in [4.78, 5) is 11.7. The van der Waals surface area contributed by atoms with Gasteiger partial charge < -0.3 is 5.32 Å². The predicted octanol–water partition coefficient (Wildman–Crippen LogP) is 3.06. The third-order valence-electron chi connectivity index (χ3n) is 3.69. The van der Waals surface area contributed by atoms with Crippen LogP contribution in [-0.2, 0) is 10.0 Å². The summed E-state index contributed by atoms with van der Waals surface area (Å²) in [6.07, 6.45) is 1.29. The van der Waals surface area contributed by atoms with Gasteiger partial charge in [-0.25, -0.2) is 26.3 Å². The molecule has 0 saturated carbocycles. The van der Waals surface area contributed by atoms with E-state index in [0.717, 1.165) is 30.3 Å². The Hall–Kier alpha value is -2.65. The second kappa shape index (κ2) is 8.36. The standard InChI is InChI=1S/C18H17F3N2O3S/c1-3-8-22-27(25,26)17-10-13(5-7-15(17)20)18(24)23-11(2)12-4-6-14(19)16(21)9-12/h3-7,9-11,22H,1,8H2,2H3,(H,23,24). The Kier molecular flexibility index (Phi) is 6.40. The lowest BCUT2D eigenvalue weighted by Crippen LogP contribution is -2.28. The zero-order chi connectivity index (χ0) is 20.2. The van der Waals surface area contributed by atoms with Gasteiger partial charge in [0.15, 0.2) is 11.6 Å². The number of carbonyl (C=O) groups excluding carboxylic acids is 1. The van der Waals surface area contributed by atoms with Gasteiger partial charge in [0.1, 0.15) is 10.7 Å². The third-order valence-corrected chi connectivity index (χ3v) is 5.13. The number of benzene rings is 2. The lowest BCUT2D eigenvalue weighted by molar-refractivity contribution is 0.0939. The number of rotatable bonds is 7. The van der Waals surface area contributed by atoms with Crippen molar-refractivity contribution in [1.29, 1.82) is 0 Å². The quantitative estimate of drug-likeness (QED) is 0.704. The lowest BCUT2D eigenvalue weighted by Gasteiger charge is -2.15.